The molecule has 1 aromatic heterocycles. The van der Waals surface area contributed by atoms with Crippen LogP contribution in [0.25, 0.3) is 0 Å². The largest absolute Gasteiger partial charge is 0.370 e. The molecule has 3 rings (SSSR count). The molecule has 6 heteroatoms. The van der Waals surface area contributed by atoms with Crippen molar-refractivity contribution in [1.29, 1.82) is 0 Å². The van der Waals surface area contributed by atoms with E-state index in [4.69, 9.17) is 0 Å². The Labute approximate surface area is 137 Å². The molecule has 0 saturated carbocycles. The quantitative estimate of drug-likeness (QED) is 0.787. The second kappa shape index (κ2) is 6.98. The van der Waals surface area contributed by atoms with Gasteiger partial charge >= 0.3 is 0 Å². The lowest BCUT2D eigenvalue weighted by atomic mass is 9.99. The number of piperazine rings is 1. The van der Waals surface area contributed by atoms with Crippen LogP contribution < -0.4 is 4.90 Å². The third-order valence-electron chi connectivity index (χ3n) is 4.87. The number of hydrogen-bond acceptors (Lipinski definition) is 4. The smallest absolute Gasteiger partial charge is 0.255 e. The Morgan fingerprint density at radius 3 is 2.48 bits per heavy atom. The minimum absolute atomic E-state index is 0.00952. The Kier molecular flexibility index (Phi) is 4.79. The number of nitrogens with zero attached hydrogens (tertiary/aromatic N) is 4. The molecule has 6 nitrogen and oxygen atoms in total. The van der Waals surface area contributed by atoms with Crippen LogP contribution >= 0.6 is 0 Å². The van der Waals surface area contributed by atoms with Gasteiger partial charge in [0, 0.05) is 45.5 Å². The van der Waals surface area contributed by atoms with Crippen LogP contribution in [0.4, 0.5) is 5.69 Å². The number of aromatic nitrogens is 1. The molecule has 0 aromatic carbocycles. The molecule has 0 spiro atoms. The van der Waals surface area contributed by atoms with Gasteiger partial charge < -0.3 is 14.7 Å². The van der Waals surface area contributed by atoms with Crippen molar-refractivity contribution in [1.82, 2.24) is 14.8 Å². The number of rotatable bonds is 3. The van der Waals surface area contributed by atoms with Gasteiger partial charge in [-0.05, 0) is 24.8 Å². The molecule has 0 atom stereocenters. The molecule has 0 bridgehead atoms. The van der Waals surface area contributed by atoms with Crippen LogP contribution in [0.15, 0.2) is 18.5 Å². The first-order valence-corrected chi connectivity index (χ1v) is 8.36. The first kappa shape index (κ1) is 15.8. The molecule has 1 aromatic rings. The number of anilines is 1. The summed E-state index contributed by atoms with van der Waals surface area (Å²) in [6.07, 6.45) is 6.71. The predicted molar refractivity (Wildman–Crippen MR) is 88.4 cm³/mol. The second-order valence-electron chi connectivity index (χ2n) is 6.53. The Hall–Kier alpha value is -2.11. The molecule has 23 heavy (non-hydrogen) atoms. The minimum atomic E-state index is 0.00952. The van der Waals surface area contributed by atoms with Crippen molar-refractivity contribution in [2.75, 3.05) is 44.2 Å². The monoisotopic (exact) mass is 316 g/mol. The standard InChI is InChI=1S/C17H24N4O2/c1-14-2-4-20(5-3-14)16-10-15(11-18-12-16)17(23)21-8-6-19(13-22)7-9-21/h10-14H,2-9H2,1H3. The molecule has 2 aliphatic rings. The van der Waals surface area contributed by atoms with Crippen LogP contribution in [-0.2, 0) is 4.79 Å². The van der Waals surface area contributed by atoms with Gasteiger partial charge in [-0.15, -0.1) is 0 Å². The van der Waals surface area contributed by atoms with E-state index in [-0.39, 0.29) is 5.91 Å². The lowest BCUT2D eigenvalue weighted by molar-refractivity contribution is -0.119. The third-order valence-corrected chi connectivity index (χ3v) is 4.87. The molecule has 124 valence electrons. The summed E-state index contributed by atoms with van der Waals surface area (Å²) in [7, 11) is 0. The van der Waals surface area contributed by atoms with E-state index in [9.17, 15) is 9.59 Å². The van der Waals surface area contributed by atoms with E-state index in [0.717, 1.165) is 31.1 Å². The highest BCUT2D eigenvalue weighted by molar-refractivity contribution is 5.95. The highest BCUT2D eigenvalue weighted by Gasteiger charge is 2.23. The first-order valence-electron chi connectivity index (χ1n) is 8.36. The second-order valence-corrected chi connectivity index (χ2v) is 6.53. The van der Waals surface area contributed by atoms with E-state index in [1.807, 2.05) is 12.3 Å². The Balaban J connectivity index is 1.67. The van der Waals surface area contributed by atoms with Gasteiger partial charge in [-0.1, -0.05) is 6.92 Å². The zero-order valence-corrected chi connectivity index (χ0v) is 13.6. The van der Waals surface area contributed by atoms with Crippen LogP contribution in [0.1, 0.15) is 30.1 Å². The van der Waals surface area contributed by atoms with Gasteiger partial charge in [0.1, 0.15) is 0 Å². The number of carbonyl (C=O) groups excluding carboxylic acids is 2. The third kappa shape index (κ3) is 3.63. The van der Waals surface area contributed by atoms with Crippen molar-refractivity contribution in [3.05, 3.63) is 24.0 Å². The summed E-state index contributed by atoms with van der Waals surface area (Å²) in [4.78, 5) is 33.5. The lowest BCUT2D eigenvalue weighted by Gasteiger charge is -2.33. The SMILES string of the molecule is CC1CCN(c2cncc(C(=O)N3CCN(C=O)CC3)c2)CC1. The Morgan fingerprint density at radius 2 is 1.83 bits per heavy atom. The maximum Gasteiger partial charge on any atom is 0.255 e. The Bertz CT molecular complexity index is 561. The van der Waals surface area contributed by atoms with Crippen LogP contribution in [0.3, 0.4) is 0 Å². The summed E-state index contributed by atoms with van der Waals surface area (Å²) in [5, 5.41) is 0. The summed E-state index contributed by atoms with van der Waals surface area (Å²) >= 11 is 0. The summed E-state index contributed by atoms with van der Waals surface area (Å²) in [5.74, 6) is 0.786. The molecule has 2 amide bonds. The van der Waals surface area contributed by atoms with E-state index in [1.54, 1.807) is 16.0 Å². The molecular formula is C17H24N4O2. The fourth-order valence-corrected chi connectivity index (χ4v) is 3.20. The van der Waals surface area contributed by atoms with Gasteiger partial charge in [-0.25, -0.2) is 0 Å². The number of amides is 2. The van der Waals surface area contributed by atoms with Gasteiger partial charge in [0.25, 0.3) is 5.91 Å². The maximum absolute atomic E-state index is 12.6. The number of carbonyl (C=O) groups is 2. The van der Waals surface area contributed by atoms with Crippen molar-refractivity contribution in [2.24, 2.45) is 5.92 Å². The minimum Gasteiger partial charge on any atom is -0.370 e. The molecule has 0 N–H and O–H groups in total. The van der Waals surface area contributed by atoms with Crippen LogP contribution in [-0.4, -0.2) is 66.4 Å². The van der Waals surface area contributed by atoms with Gasteiger partial charge in [0.15, 0.2) is 0 Å². The fourth-order valence-electron chi connectivity index (χ4n) is 3.20. The lowest BCUT2D eigenvalue weighted by Crippen LogP contribution is -2.48. The van der Waals surface area contributed by atoms with Gasteiger partial charge in [0.05, 0.1) is 17.4 Å². The summed E-state index contributed by atoms with van der Waals surface area (Å²) in [5.41, 5.74) is 1.68. The number of piperidine rings is 1. The zero-order valence-electron chi connectivity index (χ0n) is 13.6. The highest BCUT2D eigenvalue weighted by atomic mass is 16.2. The average molecular weight is 316 g/mol. The van der Waals surface area contributed by atoms with Gasteiger partial charge in [-0.3, -0.25) is 14.6 Å². The van der Waals surface area contributed by atoms with Crippen molar-refractivity contribution in [2.45, 2.75) is 19.8 Å². The van der Waals surface area contributed by atoms with Crippen LogP contribution in [0.5, 0.6) is 0 Å². The van der Waals surface area contributed by atoms with E-state index in [1.165, 1.54) is 12.8 Å². The molecule has 0 aliphatic carbocycles. The van der Waals surface area contributed by atoms with Crippen molar-refractivity contribution < 1.29 is 9.59 Å². The zero-order chi connectivity index (χ0) is 16.2. The average Bonchev–Trinajstić information content (AvgIpc) is 2.62. The number of hydrogen-bond donors (Lipinski definition) is 0. The topological polar surface area (TPSA) is 56.8 Å². The van der Waals surface area contributed by atoms with E-state index < -0.39 is 0 Å². The van der Waals surface area contributed by atoms with E-state index >= 15 is 0 Å². The molecule has 2 saturated heterocycles. The van der Waals surface area contributed by atoms with Crippen LogP contribution in [0, 0.1) is 5.92 Å². The van der Waals surface area contributed by atoms with E-state index in [0.29, 0.717) is 31.7 Å². The first-order chi connectivity index (χ1) is 11.2. The molecule has 2 fully saturated rings. The van der Waals surface area contributed by atoms with Crippen LogP contribution in [0.2, 0.25) is 0 Å². The maximum atomic E-state index is 12.6. The van der Waals surface area contributed by atoms with Crippen molar-refractivity contribution >= 4 is 18.0 Å². The number of pyridine rings is 1. The summed E-state index contributed by atoms with van der Waals surface area (Å²) in [6.45, 7) is 6.72. The van der Waals surface area contributed by atoms with Gasteiger partial charge in [0.2, 0.25) is 6.41 Å². The molecular weight excluding hydrogens is 292 g/mol. The molecule has 0 radical (unpaired) electrons. The molecule has 2 aliphatic heterocycles. The van der Waals surface area contributed by atoms with Crippen molar-refractivity contribution in [3.8, 4) is 0 Å². The van der Waals surface area contributed by atoms with E-state index in [2.05, 4.69) is 16.8 Å². The summed E-state index contributed by atoms with van der Waals surface area (Å²) < 4.78 is 0. The van der Waals surface area contributed by atoms with Crippen molar-refractivity contribution in [3.63, 3.8) is 0 Å². The predicted octanol–water partition coefficient (Wildman–Crippen LogP) is 1.23. The van der Waals surface area contributed by atoms with Gasteiger partial charge in [-0.2, -0.15) is 0 Å². The molecule has 0 unspecified atom stereocenters. The molecule has 3 heterocycles. The fraction of sp³-hybridized carbons (Fsp3) is 0.588. The highest BCUT2D eigenvalue weighted by Crippen LogP contribution is 2.23. The summed E-state index contributed by atoms with van der Waals surface area (Å²) in [6, 6.07) is 1.96. The Morgan fingerprint density at radius 1 is 1.13 bits per heavy atom. The normalized spacial score (nSPS) is 19.8.